The van der Waals surface area contributed by atoms with Crippen molar-refractivity contribution in [3.05, 3.63) is 23.8 Å². The van der Waals surface area contributed by atoms with Crippen LogP contribution in [0.4, 0.5) is 0 Å². The molecule has 2 fully saturated rings. The third kappa shape index (κ3) is 3.05. The van der Waals surface area contributed by atoms with Crippen molar-refractivity contribution in [2.24, 2.45) is 5.92 Å². The molecular formula is C17H22O6. The number of allylic oxidation sites excluding steroid dienone is 1. The molecule has 0 aromatic carbocycles. The second kappa shape index (κ2) is 5.76. The zero-order valence-electron chi connectivity index (χ0n) is 13.4. The fraction of sp³-hybridized carbons (Fsp3) is 0.647. The predicted molar refractivity (Wildman–Crippen MR) is 80.4 cm³/mol. The summed E-state index contributed by atoms with van der Waals surface area (Å²) < 4.78 is 16.2. The number of fused-ring (bicyclic) bond motifs is 2. The summed E-state index contributed by atoms with van der Waals surface area (Å²) in [4.78, 5) is 22.9. The first-order valence-corrected chi connectivity index (χ1v) is 7.89. The number of esters is 2. The van der Waals surface area contributed by atoms with Crippen molar-refractivity contribution < 1.29 is 28.9 Å². The van der Waals surface area contributed by atoms with Crippen LogP contribution in [0.25, 0.3) is 0 Å². The van der Waals surface area contributed by atoms with E-state index >= 15 is 0 Å². The fourth-order valence-electron chi connectivity index (χ4n) is 3.56. The van der Waals surface area contributed by atoms with Gasteiger partial charge in [-0.1, -0.05) is 12.2 Å². The quantitative estimate of drug-likeness (QED) is 0.357. The second-order valence-corrected chi connectivity index (χ2v) is 6.70. The predicted octanol–water partition coefficient (Wildman–Crippen LogP) is 1.28. The molecule has 3 rings (SSSR count). The van der Waals surface area contributed by atoms with Crippen LogP contribution in [0.1, 0.15) is 33.1 Å². The summed E-state index contributed by atoms with van der Waals surface area (Å²) in [5.41, 5.74) is 0.694. The van der Waals surface area contributed by atoms with Crippen molar-refractivity contribution in [3.63, 3.8) is 0 Å². The first-order chi connectivity index (χ1) is 10.8. The summed E-state index contributed by atoms with van der Waals surface area (Å²) in [5, 5.41) is 10.7. The van der Waals surface area contributed by atoms with Gasteiger partial charge in [0.1, 0.15) is 18.3 Å². The Morgan fingerprint density at radius 3 is 3.00 bits per heavy atom. The Hall–Kier alpha value is -1.66. The van der Waals surface area contributed by atoms with Crippen LogP contribution in [0.15, 0.2) is 23.8 Å². The van der Waals surface area contributed by atoms with E-state index in [-0.39, 0.29) is 30.7 Å². The van der Waals surface area contributed by atoms with Crippen LogP contribution in [0.5, 0.6) is 0 Å². The molecule has 6 heteroatoms. The molecule has 0 spiro atoms. The van der Waals surface area contributed by atoms with E-state index in [1.807, 2.05) is 13.0 Å². The molecule has 2 heterocycles. The molecule has 126 valence electrons. The maximum Gasteiger partial charge on any atom is 0.334 e. The Balaban J connectivity index is 1.84. The first kappa shape index (κ1) is 16.2. The molecule has 23 heavy (non-hydrogen) atoms. The molecule has 0 aromatic heterocycles. The van der Waals surface area contributed by atoms with E-state index in [1.165, 1.54) is 6.92 Å². The van der Waals surface area contributed by atoms with E-state index in [9.17, 15) is 14.7 Å². The minimum Gasteiger partial charge on any atom is -0.463 e. The highest BCUT2D eigenvalue weighted by Crippen LogP contribution is 2.47. The van der Waals surface area contributed by atoms with Crippen LogP contribution in [-0.4, -0.2) is 47.6 Å². The standard InChI is InChI=1S/C17H22O6/c1-9-4-5-14-17(23-14,8-21-11(3)18)7-12(19)15-10(2)16(20)22-13(15)6-9/h6,12-15,19H,2,4-5,7-8H2,1,3H3/b9-6+/t12-,13-,14-,15-,17+/m1/s1. The minimum absolute atomic E-state index is 0.0531. The molecule has 0 saturated carbocycles. The highest BCUT2D eigenvalue weighted by atomic mass is 16.6. The van der Waals surface area contributed by atoms with Gasteiger partial charge in [0, 0.05) is 18.9 Å². The van der Waals surface area contributed by atoms with Crippen molar-refractivity contribution in [3.8, 4) is 0 Å². The van der Waals surface area contributed by atoms with Crippen LogP contribution in [0.2, 0.25) is 0 Å². The van der Waals surface area contributed by atoms with Gasteiger partial charge in [0.05, 0.1) is 18.1 Å². The van der Waals surface area contributed by atoms with Gasteiger partial charge in [0.25, 0.3) is 0 Å². The molecule has 0 bridgehead atoms. The smallest absolute Gasteiger partial charge is 0.334 e. The zero-order chi connectivity index (χ0) is 16.8. The number of epoxide rings is 1. The number of carbonyl (C=O) groups is 2. The summed E-state index contributed by atoms with van der Waals surface area (Å²) in [6.45, 7) is 7.20. The molecule has 0 unspecified atom stereocenters. The van der Waals surface area contributed by atoms with Gasteiger partial charge >= 0.3 is 11.9 Å². The van der Waals surface area contributed by atoms with Gasteiger partial charge in [0.15, 0.2) is 0 Å². The Kier molecular flexibility index (Phi) is 4.06. The lowest BCUT2D eigenvalue weighted by molar-refractivity contribution is -0.143. The molecule has 5 atom stereocenters. The highest BCUT2D eigenvalue weighted by molar-refractivity contribution is 5.91. The lowest BCUT2D eigenvalue weighted by Gasteiger charge is -2.25. The molecule has 2 aliphatic heterocycles. The third-order valence-electron chi connectivity index (χ3n) is 4.91. The molecule has 3 aliphatic rings. The number of hydrogen-bond donors (Lipinski definition) is 1. The van der Waals surface area contributed by atoms with Crippen molar-refractivity contribution in [1.82, 2.24) is 0 Å². The minimum atomic E-state index is -0.846. The van der Waals surface area contributed by atoms with Gasteiger partial charge in [-0.3, -0.25) is 4.79 Å². The first-order valence-electron chi connectivity index (χ1n) is 7.89. The van der Waals surface area contributed by atoms with Gasteiger partial charge < -0.3 is 19.3 Å². The number of rotatable bonds is 2. The van der Waals surface area contributed by atoms with Gasteiger partial charge in [-0.05, 0) is 25.8 Å². The summed E-state index contributed by atoms with van der Waals surface area (Å²) in [6.07, 6.45) is 2.37. The SMILES string of the molecule is C=C1C(=O)O[C@@H]2/C=C(\C)CC[C@H]3O[C@]3(COC(C)=O)C[C@@H](O)[C@@H]12. The van der Waals surface area contributed by atoms with Gasteiger partial charge in [-0.2, -0.15) is 0 Å². The zero-order valence-corrected chi connectivity index (χ0v) is 13.4. The van der Waals surface area contributed by atoms with Crippen LogP contribution >= 0.6 is 0 Å². The fourth-order valence-corrected chi connectivity index (χ4v) is 3.56. The van der Waals surface area contributed by atoms with Gasteiger partial charge in [0.2, 0.25) is 0 Å². The van der Waals surface area contributed by atoms with E-state index in [1.54, 1.807) is 0 Å². The molecule has 2 saturated heterocycles. The average Bonchev–Trinajstić information content (AvgIpc) is 3.07. The third-order valence-corrected chi connectivity index (χ3v) is 4.91. The number of aliphatic hydroxyl groups is 1. The second-order valence-electron chi connectivity index (χ2n) is 6.70. The molecule has 6 nitrogen and oxygen atoms in total. The number of ether oxygens (including phenoxy) is 3. The number of aliphatic hydroxyl groups excluding tert-OH is 1. The van der Waals surface area contributed by atoms with Gasteiger partial charge in [-0.15, -0.1) is 0 Å². The molecular weight excluding hydrogens is 300 g/mol. The summed E-state index contributed by atoms with van der Waals surface area (Å²) >= 11 is 0. The summed E-state index contributed by atoms with van der Waals surface area (Å²) in [7, 11) is 0. The van der Waals surface area contributed by atoms with E-state index in [4.69, 9.17) is 14.2 Å². The van der Waals surface area contributed by atoms with Crippen molar-refractivity contribution >= 4 is 11.9 Å². The Morgan fingerprint density at radius 2 is 2.30 bits per heavy atom. The van der Waals surface area contributed by atoms with Crippen LogP contribution in [0.3, 0.4) is 0 Å². The highest BCUT2D eigenvalue weighted by Gasteiger charge is 2.59. The lowest BCUT2D eigenvalue weighted by Crippen LogP contribution is -2.36. The Morgan fingerprint density at radius 1 is 1.57 bits per heavy atom. The largest absolute Gasteiger partial charge is 0.463 e. The Bertz CT molecular complexity index is 580. The van der Waals surface area contributed by atoms with Crippen molar-refractivity contribution in [2.75, 3.05) is 6.61 Å². The van der Waals surface area contributed by atoms with E-state index in [0.29, 0.717) is 0 Å². The van der Waals surface area contributed by atoms with Crippen LogP contribution in [-0.2, 0) is 23.8 Å². The topological polar surface area (TPSA) is 85.4 Å². The molecule has 0 amide bonds. The number of carbonyl (C=O) groups excluding carboxylic acids is 2. The normalized spacial score (nSPS) is 42.0. The summed E-state index contributed by atoms with van der Waals surface area (Å²) in [5.74, 6) is -1.34. The average molecular weight is 322 g/mol. The monoisotopic (exact) mass is 322 g/mol. The van der Waals surface area contributed by atoms with Crippen LogP contribution < -0.4 is 0 Å². The molecule has 0 aromatic rings. The van der Waals surface area contributed by atoms with Crippen molar-refractivity contribution in [2.45, 2.75) is 57.0 Å². The van der Waals surface area contributed by atoms with E-state index in [0.717, 1.165) is 18.4 Å². The van der Waals surface area contributed by atoms with Crippen molar-refractivity contribution in [1.29, 1.82) is 0 Å². The van der Waals surface area contributed by atoms with Crippen LogP contribution in [0, 0.1) is 5.92 Å². The molecule has 0 radical (unpaired) electrons. The van der Waals surface area contributed by atoms with E-state index in [2.05, 4.69) is 6.58 Å². The maximum absolute atomic E-state index is 11.8. The van der Waals surface area contributed by atoms with E-state index < -0.39 is 29.7 Å². The lowest BCUT2D eigenvalue weighted by atomic mass is 9.82. The molecule has 1 aliphatic carbocycles. The van der Waals surface area contributed by atoms with Gasteiger partial charge in [-0.25, -0.2) is 4.79 Å². The molecule has 1 N–H and O–H groups in total. The maximum atomic E-state index is 11.8. The number of hydrogen-bond acceptors (Lipinski definition) is 6. The Labute approximate surface area is 135 Å². The summed E-state index contributed by atoms with van der Waals surface area (Å²) in [6, 6.07) is 0.